The van der Waals surface area contributed by atoms with Crippen molar-refractivity contribution in [1.29, 1.82) is 0 Å². The zero-order chi connectivity index (χ0) is 18.4. The summed E-state index contributed by atoms with van der Waals surface area (Å²) in [5.41, 5.74) is 12.4. The number of hydrogen-bond donors (Lipinski definition) is 4. The Morgan fingerprint density at radius 3 is 2.08 bits per heavy atom. The number of allylic oxidation sites excluding steroid dienone is 1. The number of rotatable bonds is 5. The second-order valence-electron chi connectivity index (χ2n) is 5.31. The van der Waals surface area contributed by atoms with Gasteiger partial charge in [-0.05, 0) is 13.3 Å². The van der Waals surface area contributed by atoms with Crippen LogP contribution in [-0.2, 0) is 4.79 Å². The van der Waals surface area contributed by atoms with Crippen LogP contribution in [-0.4, -0.2) is 45.8 Å². The van der Waals surface area contributed by atoms with E-state index in [2.05, 4.69) is 11.9 Å². The molecule has 2 rings (SSSR count). The average molecular weight is 355 g/mol. The molecule has 1 aromatic carbocycles. The lowest BCUT2D eigenvalue weighted by Crippen LogP contribution is -2.46. The highest BCUT2D eigenvalue weighted by Gasteiger charge is 2.32. The van der Waals surface area contributed by atoms with Crippen LogP contribution in [0.4, 0.5) is 0 Å². The van der Waals surface area contributed by atoms with E-state index in [-0.39, 0.29) is 23.6 Å². The van der Waals surface area contributed by atoms with Crippen molar-refractivity contribution >= 4 is 29.2 Å². The molecule has 1 aliphatic carbocycles. The summed E-state index contributed by atoms with van der Waals surface area (Å²) in [6.07, 6.45) is -0.0721. The average Bonchev–Trinajstić information content (AvgIpc) is 2.63. The van der Waals surface area contributed by atoms with Gasteiger partial charge >= 0.3 is 0 Å². The molecule has 0 bridgehead atoms. The Balaban J connectivity index is 0.00000139. The molecule has 0 spiro atoms. The van der Waals surface area contributed by atoms with Crippen LogP contribution in [0.1, 0.15) is 34.1 Å². The van der Waals surface area contributed by atoms with E-state index in [1.807, 2.05) is 0 Å². The van der Waals surface area contributed by atoms with Crippen molar-refractivity contribution in [2.24, 2.45) is 11.5 Å². The number of carbonyl (C=O) groups is 3. The molecule has 6 N–H and O–H groups in total. The van der Waals surface area contributed by atoms with Crippen molar-refractivity contribution < 1.29 is 24.1 Å². The van der Waals surface area contributed by atoms with Crippen molar-refractivity contribution in [3.8, 4) is 0 Å². The second-order valence-corrected chi connectivity index (χ2v) is 5.31. The van der Waals surface area contributed by atoms with Crippen molar-refractivity contribution in [3.05, 3.63) is 46.5 Å². The summed E-state index contributed by atoms with van der Waals surface area (Å²) in [4.78, 5) is 36.7. The molecule has 130 valence electrons. The summed E-state index contributed by atoms with van der Waals surface area (Å²) < 4.78 is 6.47. The van der Waals surface area contributed by atoms with Crippen LogP contribution in [0, 0.1) is 0 Å². The Morgan fingerprint density at radius 2 is 1.58 bits per heavy atom. The van der Waals surface area contributed by atoms with Gasteiger partial charge in [-0.1, -0.05) is 24.3 Å². The summed E-state index contributed by atoms with van der Waals surface area (Å²) in [6, 6.07) is 4.43. The number of aliphatic hydroxyl groups is 1. The molecular weight excluding hydrogens is 336 g/mol. The molecule has 0 radical (unpaired) electrons. The van der Waals surface area contributed by atoms with Gasteiger partial charge in [-0.2, -0.15) is 0 Å². The minimum absolute atomic E-state index is 0.0721. The van der Waals surface area contributed by atoms with Gasteiger partial charge < -0.3 is 16.6 Å². The molecule has 1 aromatic rings. The summed E-state index contributed by atoms with van der Waals surface area (Å²) in [6.45, 7) is 1.04. The lowest BCUT2D eigenvalue weighted by atomic mass is 9.81. The number of hydrogen-bond acceptors (Lipinski definition) is 7. The molecule has 8 heteroatoms. The number of halogens is 1. The van der Waals surface area contributed by atoms with Crippen molar-refractivity contribution in [2.75, 3.05) is 6.61 Å². The molecule has 0 saturated carbocycles. The van der Waals surface area contributed by atoms with Crippen LogP contribution in [0.2, 0.25) is 0 Å². The molecule has 0 heterocycles. The van der Waals surface area contributed by atoms with Gasteiger partial charge in [-0.25, -0.2) is 0 Å². The predicted molar refractivity (Wildman–Crippen MR) is 88.5 cm³/mol. The maximum atomic E-state index is 12.5. The number of Topliss-reactive ketones (excluding diaryl/α,β-unsaturated/α-hetero) is 3. The summed E-state index contributed by atoms with van der Waals surface area (Å²) in [7, 11) is 0. The molecular formula is C16H19ClN2O5. The quantitative estimate of drug-likeness (QED) is 0.587. The topological polar surface area (TPSA) is 144 Å². The molecule has 2 atom stereocenters. The van der Waals surface area contributed by atoms with E-state index in [1.165, 1.54) is 0 Å². The number of nitrogens with two attached hydrogens (primary N) is 2. The van der Waals surface area contributed by atoms with Gasteiger partial charge in [-0.3, -0.25) is 19.0 Å². The molecule has 0 saturated heterocycles. The molecule has 0 aromatic heterocycles. The van der Waals surface area contributed by atoms with E-state index >= 15 is 0 Å². The molecule has 1 unspecified atom stereocenters. The number of carbonyl (C=O) groups excluding carboxylic acids is 3. The van der Waals surface area contributed by atoms with Crippen LogP contribution in [0.15, 0.2) is 35.4 Å². The standard InChI is InChI=1S/C16H18N2O4.ClHO/c1-8-11(6-12(17)16(22)13(18)7-19)15(21)10-5-3-2-4-9(10)14(8)20;1-2/h2-5,12-13,19H,6-7,17-18H2,1H3;2H/t12?,13-;/m0./s1. The number of aliphatic hydroxyl groups excluding tert-OH is 1. The summed E-state index contributed by atoms with van der Waals surface area (Å²) in [5, 5.41) is 8.90. The summed E-state index contributed by atoms with van der Waals surface area (Å²) in [5.74, 6) is -1.08. The minimum Gasteiger partial charge on any atom is -0.394 e. The lowest BCUT2D eigenvalue weighted by Gasteiger charge is -2.21. The SMILES string of the molecule is CC1=C(CC(N)C(=O)[C@@H](N)CO)C(=O)c2ccccc2C1=O.OCl. The zero-order valence-corrected chi connectivity index (χ0v) is 13.8. The molecule has 0 amide bonds. The fourth-order valence-electron chi connectivity index (χ4n) is 2.48. The number of benzene rings is 1. The van der Waals surface area contributed by atoms with E-state index in [0.717, 1.165) is 0 Å². The van der Waals surface area contributed by atoms with E-state index < -0.39 is 24.5 Å². The molecule has 7 nitrogen and oxygen atoms in total. The molecule has 0 aliphatic heterocycles. The fourth-order valence-corrected chi connectivity index (χ4v) is 2.48. The van der Waals surface area contributed by atoms with E-state index in [4.69, 9.17) is 21.2 Å². The first-order chi connectivity index (χ1) is 11.4. The third-order valence-corrected chi connectivity index (χ3v) is 3.84. The maximum absolute atomic E-state index is 12.5. The third-order valence-electron chi connectivity index (χ3n) is 3.84. The highest BCUT2D eigenvalue weighted by atomic mass is 35.5. The van der Waals surface area contributed by atoms with Gasteiger partial charge in [0.25, 0.3) is 0 Å². The number of fused-ring (bicyclic) bond motifs is 1. The smallest absolute Gasteiger partial charge is 0.190 e. The normalized spacial score (nSPS) is 16.1. The first-order valence-corrected chi connectivity index (χ1v) is 7.43. The monoisotopic (exact) mass is 354 g/mol. The third kappa shape index (κ3) is 3.95. The van der Waals surface area contributed by atoms with Gasteiger partial charge in [0.2, 0.25) is 0 Å². The van der Waals surface area contributed by atoms with Crippen molar-refractivity contribution in [2.45, 2.75) is 25.4 Å². The van der Waals surface area contributed by atoms with Gasteiger partial charge in [-0.15, -0.1) is 0 Å². The van der Waals surface area contributed by atoms with Gasteiger partial charge in [0.1, 0.15) is 0 Å². The highest BCUT2D eigenvalue weighted by Crippen LogP contribution is 2.28. The van der Waals surface area contributed by atoms with Crippen molar-refractivity contribution in [3.63, 3.8) is 0 Å². The zero-order valence-electron chi connectivity index (χ0n) is 13.0. The van der Waals surface area contributed by atoms with E-state index in [0.29, 0.717) is 16.7 Å². The first kappa shape index (κ1) is 20.1. The van der Waals surface area contributed by atoms with E-state index in [9.17, 15) is 14.4 Å². The molecule has 1 aliphatic rings. The highest BCUT2D eigenvalue weighted by molar-refractivity contribution is 6.26. The Morgan fingerprint density at radius 1 is 1.08 bits per heavy atom. The van der Waals surface area contributed by atoms with Gasteiger partial charge in [0, 0.05) is 22.3 Å². The Bertz CT molecular complexity index is 687. The first-order valence-electron chi connectivity index (χ1n) is 7.09. The van der Waals surface area contributed by atoms with Crippen LogP contribution in [0.25, 0.3) is 0 Å². The maximum Gasteiger partial charge on any atom is 0.190 e. The van der Waals surface area contributed by atoms with Gasteiger partial charge in [0.15, 0.2) is 17.3 Å². The fraction of sp³-hybridized carbons (Fsp3) is 0.312. The summed E-state index contributed by atoms with van der Waals surface area (Å²) >= 11 is 3.64. The van der Waals surface area contributed by atoms with Crippen LogP contribution >= 0.6 is 11.9 Å². The predicted octanol–water partition coefficient (Wildman–Crippen LogP) is 0.121. The second kappa shape index (κ2) is 8.81. The Labute approximate surface area is 144 Å². The molecule has 0 fully saturated rings. The lowest BCUT2D eigenvalue weighted by molar-refractivity contribution is -0.122. The number of ketones is 3. The van der Waals surface area contributed by atoms with Crippen LogP contribution < -0.4 is 11.5 Å². The van der Waals surface area contributed by atoms with E-state index in [1.54, 1.807) is 31.2 Å². The van der Waals surface area contributed by atoms with Gasteiger partial charge in [0.05, 0.1) is 30.6 Å². The largest absolute Gasteiger partial charge is 0.394 e. The molecule has 24 heavy (non-hydrogen) atoms. The Kier molecular flexibility index (Phi) is 7.40. The Hall–Kier alpha value is -1.90. The minimum atomic E-state index is -1.09. The van der Waals surface area contributed by atoms with Crippen LogP contribution in [0.5, 0.6) is 0 Å². The van der Waals surface area contributed by atoms with Crippen LogP contribution in [0.3, 0.4) is 0 Å². The van der Waals surface area contributed by atoms with Crippen molar-refractivity contribution in [1.82, 2.24) is 0 Å².